The number of nitrogens with zero attached hydrogens (tertiary/aromatic N) is 1. The van der Waals surface area contributed by atoms with E-state index >= 15 is 0 Å². The van der Waals surface area contributed by atoms with Crippen LogP contribution in [0.25, 0.3) is 0 Å². The van der Waals surface area contributed by atoms with Crippen molar-refractivity contribution in [3.05, 3.63) is 0 Å². The third kappa shape index (κ3) is 4.36. The van der Waals surface area contributed by atoms with Crippen molar-refractivity contribution in [2.24, 2.45) is 23.2 Å². The van der Waals surface area contributed by atoms with Gasteiger partial charge in [-0.3, -0.25) is 14.4 Å². The van der Waals surface area contributed by atoms with E-state index in [0.717, 1.165) is 43.6 Å². The van der Waals surface area contributed by atoms with Gasteiger partial charge in [0.25, 0.3) is 5.91 Å². The minimum Gasteiger partial charge on any atom is -0.454 e. The first-order chi connectivity index (χ1) is 13.4. The van der Waals surface area contributed by atoms with Crippen LogP contribution in [0.2, 0.25) is 0 Å². The third-order valence-electron chi connectivity index (χ3n) is 7.61. The molecule has 6 heteroatoms. The van der Waals surface area contributed by atoms with E-state index in [-0.39, 0.29) is 36.4 Å². The number of rotatable bonds is 6. The second kappa shape index (κ2) is 8.03. The van der Waals surface area contributed by atoms with Gasteiger partial charge in [0, 0.05) is 19.0 Å². The zero-order valence-electron chi connectivity index (χ0n) is 17.1. The predicted molar refractivity (Wildman–Crippen MR) is 104 cm³/mol. The summed E-state index contributed by atoms with van der Waals surface area (Å²) in [5.41, 5.74) is 0.170. The normalized spacial score (nSPS) is 36.2. The Hall–Kier alpha value is -1.59. The molecular weight excluding hydrogens is 356 g/mol. The summed E-state index contributed by atoms with van der Waals surface area (Å²) in [6, 6.07) is 0.208. The van der Waals surface area contributed by atoms with E-state index in [0.29, 0.717) is 6.42 Å². The van der Waals surface area contributed by atoms with Crippen molar-refractivity contribution < 1.29 is 19.1 Å². The molecule has 156 valence electrons. The number of ether oxygens (including phenoxy) is 1. The topological polar surface area (TPSA) is 75.7 Å². The van der Waals surface area contributed by atoms with Crippen LogP contribution in [0.4, 0.5) is 0 Å². The molecule has 0 unspecified atom stereocenters. The van der Waals surface area contributed by atoms with Gasteiger partial charge < -0.3 is 15.0 Å². The average molecular weight is 391 g/mol. The van der Waals surface area contributed by atoms with Crippen LogP contribution >= 0.6 is 0 Å². The van der Waals surface area contributed by atoms with Crippen molar-refractivity contribution in [3.8, 4) is 0 Å². The number of piperidine rings is 1. The number of hydrogen-bond acceptors (Lipinski definition) is 4. The molecule has 0 aromatic rings. The highest BCUT2D eigenvalue weighted by Gasteiger charge is 2.51. The minimum absolute atomic E-state index is 0.0464. The lowest BCUT2D eigenvalue weighted by atomic mass is 9.49. The second-order valence-corrected chi connectivity index (χ2v) is 9.96. The Bertz CT molecular complexity index is 597. The Balaban J connectivity index is 1.18. The van der Waals surface area contributed by atoms with Crippen LogP contribution < -0.4 is 5.32 Å². The number of carbonyl (C=O) groups is 3. The van der Waals surface area contributed by atoms with Crippen molar-refractivity contribution in [2.45, 2.75) is 77.2 Å². The number of nitrogens with one attached hydrogen (secondary N) is 1. The standard InChI is InChI=1S/C22H34N2O4/c1-15-4-2-3-5-24(15)20(26)14-28-21(27)13-23-19(25)12-22-9-16-6-17(10-22)8-18(7-16)11-22/h15-18H,2-14H2,1H3,(H,23,25)/t15-,16?,17?,18?,22?/m1/s1. The van der Waals surface area contributed by atoms with Crippen molar-refractivity contribution >= 4 is 17.8 Å². The van der Waals surface area contributed by atoms with E-state index in [1.165, 1.54) is 38.5 Å². The van der Waals surface area contributed by atoms with Gasteiger partial charge in [0.2, 0.25) is 5.91 Å². The zero-order chi connectivity index (χ0) is 19.7. The molecule has 1 N–H and O–H groups in total. The lowest BCUT2D eigenvalue weighted by Crippen LogP contribution is -2.48. The summed E-state index contributed by atoms with van der Waals surface area (Å²) < 4.78 is 5.10. The molecule has 28 heavy (non-hydrogen) atoms. The number of amides is 2. The van der Waals surface area contributed by atoms with Crippen molar-refractivity contribution in [1.29, 1.82) is 0 Å². The first-order valence-corrected chi connectivity index (χ1v) is 11.1. The highest BCUT2D eigenvalue weighted by molar-refractivity contribution is 5.84. The Labute approximate surface area is 167 Å². The van der Waals surface area contributed by atoms with Crippen LogP contribution in [-0.2, 0) is 19.1 Å². The fourth-order valence-electron chi connectivity index (χ4n) is 6.83. The van der Waals surface area contributed by atoms with Gasteiger partial charge >= 0.3 is 5.97 Å². The number of esters is 1. The van der Waals surface area contributed by atoms with Gasteiger partial charge in [-0.15, -0.1) is 0 Å². The van der Waals surface area contributed by atoms with Gasteiger partial charge in [-0.25, -0.2) is 0 Å². The first kappa shape index (κ1) is 19.7. The second-order valence-electron chi connectivity index (χ2n) is 9.96. The van der Waals surface area contributed by atoms with Crippen LogP contribution in [0.15, 0.2) is 0 Å². The Morgan fingerprint density at radius 2 is 1.68 bits per heavy atom. The molecule has 5 fully saturated rings. The summed E-state index contributed by atoms with van der Waals surface area (Å²) in [5, 5.41) is 2.73. The molecular formula is C22H34N2O4. The predicted octanol–water partition coefficient (Wildman–Crippen LogP) is 2.65. The molecule has 5 rings (SSSR count). The Morgan fingerprint density at radius 1 is 1.04 bits per heavy atom. The fourth-order valence-corrected chi connectivity index (χ4v) is 6.83. The van der Waals surface area contributed by atoms with Crippen LogP contribution in [-0.4, -0.2) is 48.4 Å². The molecule has 1 aliphatic heterocycles. The van der Waals surface area contributed by atoms with Gasteiger partial charge in [0.05, 0.1) is 0 Å². The lowest BCUT2D eigenvalue weighted by Gasteiger charge is -2.56. The van der Waals surface area contributed by atoms with Crippen LogP contribution in [0.5, 0.6) is 0 Å². The van der Waals surface area contributed by atoms with Crippen molar-refractivity contribution in [1.82, 2.24) is 10.2 Å². The van der Waals surface area contributed by atoms with Gasteiger partial charge in [-0.1, -0.05) is 0 Å². The van der Waals surface area contributed by atoms with Crippen LogP contribution in [0.1, 0.15) is 71.1 Å². The van der Waals surface area contributed by atoms with Gasteiger partial charge in [0.15, 0.2) is 6.61 Å². The summed E-state index contributed by atoms with van der Waals surface area (Å²) >= 11 is 0. The van der Waals surface area contributed by atoms with Crippen LogP contribution in [0, 0.1) is 23.2 Å². The molecule has 0 spiro atoms. The number of carbonyl (C=O) groups excluding carboxylic acids is 3. The van der Waals surface area contributed by atoms with Crippen LogP contribution in [0.3, 0.4) is 0 Å². The molecule has 5 aliphatic rings. The van der Waals surface area contributed by atoms with Gasteiger partial charge in [-0.2, -0.15) is 0 Å². The first-order valence-electron chi connectivity index (χ1n) is 11.1. The highest BCUT2D eigenvalue weighted by Crippen LogP contribution is 2.61. The smallest absolute Gasteiger partial charge is 0.325 e. The lowest BCUT2D eigenvalue weighted by molar-refractivity contribution is -0.153. The number of hydrogen-bond donors (Lipinski definition) is 1. The molecule has 1 heterocycles. The summed E-state index contributed by atoms with van der Waals surface area (Å²) in [7, 11) is 0. The summed E-state index contributed by atoms with van der Waals surface area (Å²) in [6.07, 6.45) is 11.3. The van der Waals surface area contributed by atoms with Crippen molar-refractivity contribution in [3.63, 3.8) is 0 Å². The molecule has 0 aromatic carbocycles. The summed E-state index contributed by atoms with van der Waals surface area (Å²) in [4.78, 5) is 38.5. The molecule has 1 saturated heterocycles. The third-order valence-corrected chi connectivity index (χ3v) is 7.61. The molecule has 2 amide bonds. The van der Waals surface area contributed by atoms with Gasteiger partial charge in [0.1, 0.15) is 6.54 Å². The molecule has 6 nitrogen and oxygen atoms in total. The highest BCUT2D eigenvalue weighted by atomic mass is 16.5. The molecule has 4 bridgehead atoms. The monoisotopic (exact) mass is 390 g/mol. The van der Waals surface area contributed by atoms with Gasteiger partial charge in [-0.05, 0) is 87.9 Å². The van der Waals surface area contributed by atoms with E-state index in [1.54, 1.807) is 4.90 Å². The van der Waals surface area contributed by atoms with E-state index in [2.05, 4.69) is 5.32 Å². The fraction of sp³-hybridized carbons (Fsp3) is 0.864. The molecule has 0 aromatic heterocycles. The maximum Gasteiger partial charge on any atom is 0.325 e. The van der Waals surface area contributed by atoms with Crippen molar-refractivity contribution in [2.75, 3.05) is 19.7 Å². The maximum atomic E-state index is 12.5. The van der Waals surface area contributed by atoms with E-state index in [4.69, 9.17) is 4.74 Å². The molecule has 4 saturated carbocycles. The average Bonchev–Trinajstić information content (AvgIpc) is 2.63. The zero-order valence-corrected chi connectivity index (χ0v) is 17.1. The SMILES string of the molecule is C[C@@H]1CCCCN1C(=O)COC(=O)CNC(=O)CC12CC3CC(CC(C3)C1)C2. The van der Waals surface area contributed by atoms with E-state index in [9.17, 15) is 14.4 Å². The minimum atomic E-state index is -0.531. The number of likely N-dealkylation sites (tertiary alicyclic amines) is 1. The summed E-state index contributed by atoms with van der Waals surface area (Å²) in [6.45, 7) is 2.39. The Morgan fingerprint density at radius 3 is 2.29 bits per heavy atom. The molecule has 0 radical (unpaired) electrons. The van der Waals surface area contributed by atoms with E-state index in [1.807, 2.05) is 6.92 Å². The maximum absolute atomic E-state index is 12.5. The summed E-state index contributed by atoms with van der Waals surface area (Å²) in [5.74, 6) is 1.72. The Kier molecular flexibility index (Phi) is 5.66. The molecule has 4 aliphatic carbocycles. The van der Waals surface area contributed by atoms with E-state index < -0.39 is 5.97 Å². The largest absolute Gasteiger partial charge is 0.454 e. The molecule has 1 atom stereocenters. The quantitative estimate of drug-likeness (QED) is 0.708.